The summed E-state index contributed by atoms with van der Waals surface area (Å²) in [7, 11) is 6.75. The molecule has 0 amide bonds. The summed E-state index contributed by atoms with van der Waals surface area (Å²) < 4.78 is 0. The van der Waals surface area contributed by atoms with E-state index in [1.807, 2.05) is 0 Å². The van der Waals surface area contributed by atoms with Crippen LogP contribution >= 0.6 is 0 Å². The Morgan fingerprint density at radius 3 is 2.35 bits per heavy atom. The molecule has 0 saturated heterocycles. The van der Waals surface area contributed by atoms with Gasteiger partial charge in [0.25, 0.3) is 0 Å². The maximum absolute atomic E-state index is 3.59. The summed E-state index contributed by atoms with van der Waals surface area (Å²) >= 11 is 0. The van der Waals surface area contributed by atoms with E-state index in [2.05, 4.69) is 36.3 Å². The first-order valence-electron chi connectivity index (χ1n) is 7.22. The molecule has 0 atom stereocenters. The molecule has 17 heavy (non-hydrogen) atoms. The average Bonchev–Trinajstić information content (AvgIpc) is 3.01. The molecule has 2 rings (SSSR count). The van der Waals surface area contributed by atoms with Crippen LogP contribution in [-0.2, 0) is 0 Å². The fraction of sp³-hybridized carbons (Fsp3) is 1.00. The maximum Gasteiger partial charge on any atom is 0.0330 e. The molecule has 1 N–H and O–H groups in total. The Labute approximate surface area is 107 Å². The zero-order chi connectivity index (χ0) is 12.3. The number of nitrogens with one attached hydrogen (secondary N) is 1. The molecule has 0 radical (unpaired) electrons. The second-order valence-corrected chi connectivity index (χ2v) is 6.29. The van der Waals surface area contributed by atoms with E-state index in [0.717, 1.165) is 6.04 Å². The molecule has 2 fully saturated rings. The predicted molar refractivity (Wildman–Crippen MR) is 73.4 cm³/mol. The fourth-order valence-electron chi connectivity index (χ4n) is 2.86. The smallest absolute Gasteiger partial charge is 0.0330 e. The van der Waals surface area contributed by atoms with Crippen LogP contribution in [0.3, 0.4) is 0 Å². The molecule has 0 aromatic heterocycles. The molecule has 0 aromatic rings. The largest absolute Gasteiger partial charge is 0.314 e. The van der Waals surface area contributed by atoms with E-state index < -0.39 is 0 Å². The van der Waals surface area contributed by atoms with Gasteiger partial charge in [0.1, 0.15) is 0 Å². The van der Waals surface area contributed by atoms with Crippen molar-refractivity contribution in [3.63, 3.8) is 0 Å². The summed E-state index contributed by atoms with van der Waals surface area (Å²) in [6, 6.07) is 0.861. The zero-order valence-corrected chi connectivity index (χ0v) is 11.8. The van der Waals surface area contributed by atoms with E-state index >= 15 is 0 Å². The third kappa shape index (κ3) is 3.67. The third-order valence-corrected chi connectivity index (χ3v) is 4.52. The molecule has 0 spiro atoms. The Morgan fingerprint density at radius 1 is 1.18 bits per heavy atom. The van der Waals surface area contributed by atoms with Crippen molar-refractivity contribution in [1.82, 2.24) is 15.1 Å². The molecule has 0 aliphatic heterocycles. The molecule has 3 heteroatoms. The molecule has 0 unspecified atom stereocenters. The van der Waals surface area contributed by atoms with Crippen molar-refractivity contribution in [3.8, 4) is 0 Å². The van der Waals surface area contributed by atoms with Crippen LogP contribution in [0.2, 0.25) is 0 Å². The number of hydrogen-bond acceptors (Lipinski definition) is 3. The van der Waals surface area contributed by atoms with Gasteiger partial charge in [-0.05, 0) is 72.8 Å². The Bertz CT molecular complexity index is 232. The van der Waals surface area contributed by atoms with Gasteiger partial charge in [-0.1, -0.05) is 0 Å². The monoisotopic (exact) mass is 239 g/mol. The number of rotatable bonds is 8. The van der Waals surface area contributed by atoms with E-state index in [0.29, 0.717) is 5.54 Å². The Hall–Kier alpha value is -0.120. The van der Waals surface area contributed by atoms with Crippen LogP contribution in [0.25, 0.3) is 0 Å². The van der Waals surface area contributed by atoms with E-state index in [1.54, 1.807) is 0 Å². The van der Waals surface area contributed by atoms with Gasteiger partial charge in [0.2, 0.25) is 0 Å². The Kier molecular flexibility index (Phi) is 4.45. The quantitative estimate of drug-likeness (QED) is 0.648. The summed E-state index contributed by atoms with van der Waals surface area (Å²) in [6.07, 6.45) is 8.26. The highest BCUT2D eigenvalue weighted by Crippen LogP contribution is 2.36. The molecule has 2 saturated carbocycles. The first kappa shape index (κ1) is 13.3. The molecule has 2 aliphatic carbocycles. The normalized spacial score (nSPS) is 23.1. The Morgan fingerprint density at radius 2 is 1.88 bits per heavy atom. The first-order chi connectivity index (χ1) is 8.12. The summed E-state index contributed by atoms with van der Waals surface area (Å²) in [5.41, 5.74) is 0.485. The van der Waals surface area contributed by atoms with Gasteiger partial charge in [-0.25, -0.2) is 0 Å². The average molecular weight is 239 g/mol. The molecule has 0 heterocycles. The van der Waals surface area contributed by atoms with E-state index in [4.69, 9.17) is 0 Å². The first-order valence-corrected chi connectivity index (χ1v) is 7.22. The van der Waals surface area contributed by atoms with Crippen molar-refractivity contribution in [1.29, 1.82) is 0 Å². The van der Waals surface area contributed by atoms with Crippen LogP contribution in [0.4, 0.5) is 0 Å². The van der Waals surface area contributed by atoms with E-state index in [9.17, 15) is 0 Å². The third-order valence-electron chi connectivity index (χ3n) is 4.52. The van der Waals surface area contributed by atoms with Crippen LogP contribution in [0.15, 0.2) is 0 Å². The summed E-state index contributed by atoms with van der Waals surface area (Å²) in [4.78, 5) is 4.96. The minimum Gasteiger partial charge on any atom is -0.314 e. The highest BCUT2D eigenvalue weighted by atomic mass is 15.2. The second kappa shape index (κ2) is 5.68. The van der Waals surface area contributed by atoms with Gasteiger partial charge in [-0.2, -0.15) is 0 Å². The highest BCUT2D eigenvalue weighted by Gasteiger charge is 2.39. The van der Waals surface area contributed by atoms with Crippen molar-refractivity contribution in [2.45, 2.75) is 50.1 Å². The van der Waals surface area contributed by atoms with Gasteiger partial charge in [-0.15, -0.1) is 0 Å². The number of likely N-dealkylation sites (N-methyl/N-ethyl adjacent to an activating group) is 2. The topological polar surface area (TPSA) is 18.5 Å². The van der Waals surface area contributed by atoms with E-state index in [1.165, 1.54) is 58.2 Å². The summed E-state index contributed by atoms with van der Waals surface area (Å²) in [5, 5.41) is 3.59. The summed E-state index contributed by atoms with van der Waals surface area (Å²) in [6.45, 7) is 3.67. The molecular formula is C14H29N3. The lowest BCUT2D eigenvalue weighted by Gasteiger charge is -2.49. The standard InChI is InChI=1S/C14H29N3/c1-16(2)14(8-4-9-14)12-17(3)11-5-10-15-13-6-7-13/h13,15H,4-12H2,1-3H3. The molecule has 3 nitrogen and oxygen atoms in total. The van der Waals surface area contributed by atoms with Gasteiger partial charge < -0.3 is 15.1 Å². The molecular weight excluding hydrogens is 210 g/mol. The molecule has 0 aromatic carbocycles. The highest BCUT2D eigenvalue weighted by molar-refractivity contribution is 4.97. The van der Waals surface area contributed by atoms with Crippen molar-refractivity contribution < 1.29 is 0 Å². The number of hydrogen-bond donors (Lipinski definition) is 1. The fourth-order valence-corrected chi connectivity index (χ4v) is 2.86. The summed E-state index contributed by atoms with van der Waals surface area (Å²) in [5.74, 6) is 0. The van der Waals surface area contributed by atoms with Crippen LogP contribution in [0.5, 0.6) is 0 Å². The number of nitrogens with zero attached hydrogens (tertiary/aromatic N) is 2. The molecule has 100 valence electrons. The van der Waals surface area contributed by atoms with Crippen LogP contribution in [0, 0.1) is 0 Å². The second-order valence-electron chi connectivity index (χ2n) is 6.29. The lowest BCUT2D eigenvalue weighted by Crippen LogP contribution is -2.56. The van der Waals surface area contributed by atoms with Crippen molar-refractivity contribution in [2.75, 3.05) is 40.8 Å². The van der Waals surface area contributed by atoms with Gasteiger partial charge in [0.05, 0.1) is 0 Å². The maximum atomic E-state index is 3.59. The predicted octanol–water partition coefficient (Wildman–Crippen LogP) is 1.54. The van der Waals surface area contributed by atoms with Gasteiger partial charge >= 0.3 is 0 Å². The van der Waals surface area contributed by atoms with Gasteiger partial charge in [0.15, 0.2) is 0 Å². The molecule has 0 bridgehead atoms. The van der Waals surface area contributed by atoms with Crippen LogP contribution in [-0.4, -0.2) is 62.2 Å². The minimum atomic E-state index is 0.485. The molecule has 2 aliphatic rings. The SMILES string of the molecule is CN(CCCNC1CC1)CC1(N(C)C)CCC1. The van der Waals surface area contributed by atoms with Crippen LogP contribution < -0.4 is 5.32 Å². The lowest BCUT2D eigenvalue weighted by molar-refractivity contribution is 0.0277. The van der Waals surface area contributed by atoms with Crippen molar-refractivity contribution in [2.24, 2.45) is 0 Å². The van der Waals surface area contributed by atoms with Crippen LogP contribution in [0.1, 0.15) is 38.5 Å². The minimum absolute atomic E-state index is 0.485. The van der Waals surface area contributed by atoms with Gasteiger partial charge in [0, 0.05) is 18.1 Å². The van der Waals surface area contributed by atoms with Crippen molar-refractivity contribution >= 4 is 0 Å². The van der Waals surface area contributed by atoms with Gasteiger partial charge in [-0.3, -0.25) is 0 Å². The Balaban J connectivity index is 1.60. The lowest BCUT2D eigenvalue weighted by atomic mass is 9.75. The van der Waals surface area contributed by atoms with E-state index in [-0.39, 0.29) is 0 Å². The van der Waals surface area contributed by atoms with Crippen molar-refractivity contribution in [3.05, 3.63) is 0 Å². The zero-order valence-electron chi connectivity index (χ0n) is 11.8.